The van der Waals surface area contributed by atoms with Gasteiger partial charge in [0.2, 0.25) is 5.78 Å². The number of esters is 1. The summed E-state index contributed by atoms with van der Waals surface area (Å²) in [7, 11) is 0. The van der Waals surface area contributed by atoms with Crippen LogP contribution >= 0.6 is 0 Å². The van der Waals surface area contributed by atoms with Crippen molar-refractivity contribution in [3.8, 4) is 0 Å². The second-order valence-electron chi connectivity index (χ2n) is 6.70. The Morgan fingerprint density at radius 1 is 1.16 bits per heavy atom. The van der Waals surface area contributed by atoms with Gasteiger partial charge >= 0.3 is 5.97 Å². The van der Waals surface area contributed by atoms with Crippen LogP contribution in [0, 0.1) is 0 Å². The normalized spacial score (nSPS) is 16.0. The third kappa shape index (κ3) is 3.59. The maximum atomic E-state index is 13.1. The van der Waals surface area contributed by atoms with Crippen molar-refractivity contribution in [1.29, 1.82) is 0 Å². The number of rotatable bonds is 6. The number of nitrogens with zero attached hydrogens (tertiary/aromatic N) is 2. The first-order chi connectivity index (χ1) is 15.0. The number of aliphatic hydroxyl groups is 1. The number of aliphatic hydroxyl groups excluding tert-OH is 1. The molecule has 3 heterocycles. The maximum absolute atomic E-state index is 13.1. The van der Waals surface area contributed by atoms with Gasteiger partial charge in [-0.1, -0.05) is 6.07 Å². The molecule has 1 aliphatic heterocycles. The number of Topliss-reactive ketones (excluding diaryl/α,β-unsaturated/α-hetero) is 1. The summed E-state index contributed by atoms with van der Waals surface area (Å²) in [6, 6.07) is 11.6. The van der Waals surface area contributed by atoms with E-state index in [0.717, 1.165) is 0 Å². The minimum atomic E-state index is -0.924. The predicted molar refractivity (Wildman–Crippen MR) is 110 cm³/mol. The highest BCUT2D eigenvalue weighted by atomic mass is 16.5. The number of hydrogen-bond donors (Lipinski definition) is 1. The Hall–Kier alpha value is -4.20. The smallest absolute Gasteiger partial charge is 0.338 e. The number of anilines is 1. The molecular formula is C23H18N2O6. The van der Waals surface area contributed by atoms with Crippen LogP contribution in [0.5, 0.6) is 0 Å². The molecule has 1 aromatic carbocycles. The lowest BCUT2D eigenvalue weighted by atomic mass is 9.96. The van der Waals surface area contributed by atoms with Gasteiger partial charge in [0, 0.05) is 18.1 Å². The SMILES string of the molecule is CCOC(=O)c1ccc(N2C(=O)C(O)=C(C(=O)c3ccco3)[C@@H]2c2cccnc2)cc1. The molecule has 4 rings (SSSR count). The summed E-state index contributed by atoms with van der Waals surface area (Å²) in [5.74, 6) is -2.49. The molecule has 2 aromatic heterocycles. The maximum Gasteiger partial charge on any atom is 0.338 e. The Morgan fingerprint density at radius 3 is 2.55 bits per heavy atom. The van der Waals surface area contributed by atoms with E-state index in [2.05, 4.69) is 4.98 Å². The number of carbonyl (C=O) groups excluding carboxylic acids is 3. The van der Waals surface area contributed by atoms with Gasteiger partial charge in [0.15, 0.2) is 11.5 Å². The highest BCUT2D eigenvalue weighted by Gasteiger charge is 2.45. The van der Waals surface area contributed by atoms with Gasteiger partial charge in [0.05, 0.1) is 30.0 Å². The molecule has 0 aliphatic carbocycles. The Labute approximate surface area is 177 Å². The number of ether oxygens (including phenoxy) is 1. The molecule has 0 spiro atoms. The van der Waals surface area contributed by atoms with Crippen molar-refractivity contribution >= 4 is 23.3 Å². The number of aromatic nitrogens is 1. The van der Waals surface area contributed by atoms with Crippen LogP contribution in [0.25, 0.3) is 0 Å². The number of hydrogen-bond acceptors (Lipinski definition) is 7. The van der Waals surface area contributed by atoms with Gasteiger partial charge in [-0.25, -0.2) is 4.79 Å². The standard InChI is InChI=1S/C23H18N2O6/c1-2-30-23(29)14-7-9-16(10-8-14)25-19(15-5-3-11-24-13-15)18(21(27)22(25)28)20(26)17-6-4-12-31-17/h3-13,19,27H,2H2,1H3/t19-/m0/s1. The lowest BCUT2D eigenvalue weighted by Crippen LogP contribution is -2.31. The zero-order valence-corrected chi connectivity index (χ0v) is 16.5. The lowest BCUT2D eigenvalue weighted by molar-refractivity contribution is -0.117. The van der Waals surface area contributed by atoms with E-state index in [-0.39, 0.29) is 17.9 Å². The molecule has 31 heavy (non-hydrogen) atoms. The number of furan rings is 1. The monoisotopic (exact) mass is 418 g/mol. The number of carbonyl (C=O) groups is 3. The molecule has 3 aromatic rings. The molecule has 8 nitrogen and oxygen atoms in total. The molecule has 0 bridgehead atoms. The van der Waals surface area contributed by atoms with Crippen LogP contribution in [0.1, 0.15) is 39.4 Å². The summed E-state index contributed by atoms with van der Waals surface area (Å²) in [5, 5.41) is 10.6. The first kappa shape index (κ1) is 20.1. The zero-order valence-electron chi connectivity index (χ0n) is 16.5. The molecule has 1 aliphatic rings. The molecule has 0 radical (unpaired) electrons. The van der Waals surface area contributed by atoms with E-state index < -0.39 is 29.5 Å². The van der Waals surface area contributed by atoms with E-state index in [1.54, 1.807) is 43.5 Å². The van der Waals surface area contributed by atoms with E-state index in [1.807, 2.05) is 0 Å². The summed E-state index contributed by atoms with van der Waals surface area (Å²) in [6.45, 7) is 1.95. The van der Waals surface area contributed by atoms with Crippen LogP contribution in [-0.2, 0) is 9.53 Å². The van der Waals surface area contributed by atoms with Crippen LogP contribution in [-0.4, -0.2) is 34.4 Å². The molecule has 1 N–H and O–H groups in total. The first-order valence-corrected chi connectivity index (χ1v) is 9.55. The predicted octanol–water partition coefficient (Wildman–Crippen LogP) is 3.63. The summed E-state index contributed by atoms with van der Waals surface area (Å²) in [4.78, 5) is 43.4. The highest BCUT2D eigenvalue weighted by molar-refractivity contribution is 6.20. The van der Waals surface area contributed by atoms with Gasteiger partial charge in [0.1, 0.15) is 0 Å². The molecular weight excluding hydrogens is 400 g/mol. The minimum Gasteiger partial charge on any atom is -0.503 e. The van der Waals surface area contributed by atoms with Crippen molar-refractivity contribution in [2.45, 2.75) is 13.0 Å². The Balaban J connectivity index is 1.78. The second-order valence-corrected chi connectivity index (χ2v) is 6.70. The number of amides is 1. The molecule has 156 valence electrons. The molecule has 0 fully saturated rings. The third-order valence-electron chi connectivity index (χ3n) is 4.85. The van der Waals surface area contributed by atoms with Gasteiger partial charge in [-0.05, 0) is 55.0 Å². The molecule has 0 saturated carbocycles. The molecule has 0 saturated heterocycles. The minimum absolute atomic E-state index is 0.00255. The van der Waals surface area contributed by atoms with Crippen LogP contribution in [0.2, 0.25) is 0 Å². The van der Waals surface area contributed by atoms with E-state index in [1.165, 1.54) is 35.6 Å². The Kier molecular flexibility index (Phi) is 5.36. The number of pyridine rings is 1. The topological polar surface area (TPSA) is 110 Å². The molecule has 1 atom stereocenters. The Bertz CT molecular complexity index is 1150. The fourth-order valence-electron chi connectivity index (χ4n) is 3.47. The van der Waals surface area contributed by atoms with Gasteiger partial charge in [-0.3, -0.25) is 19.5 Å². The quantitative estimate of drug-likeness (QED) is 0.481. The van der Waals surface area contributed by atoms with Crippen LogP contribution in [0.3, 0.4) is 0 Å². The molecule has 0 unspecified atom stereocenters. The van der Waals surface area contributed by atoms with Crippen molar-refractivity contribution in [2.75, 3.05) is 11.5 Å². The summed E-state index contributed by atoms with van der Waals surface area (Å²) < 4.78 is 10.2. The van der Waals surface area contributed by atoms with Crippen LogP contribution in [0.15, 0.2) is 82.9 Å². The van der Waals surface area contributed by atoms with E-state index >= 15 is 0 Å². The number of ketones is 1. The van der Waals surface area contributed by atoms with Crippen molar-refractivity contribution < 1.29 is 28.6 Å². The summed E-state index contributed by atoms with van der Waals surface area (Å²) >= 11 is 0. The first-order valence-electron chi connectivity index (χ1n) is 9.55. The van der Waals surface area contributed by atoms with Gasteiger partial charge in [-0.2, -0.15) is 0 Å². The third-order valence-corrected chi connectivity index (χ3v) is 4.85. The van der Waals surface area contributed by atoms with E-state index in [9.17, 15) is 19.5 Å². The second kappa shape index (κ2) is 8.27. The fraction of sp³-hybridized carbons (Fsp3) is 0.130. The van der Waals surface area contributed by atoms with Crippen LogP contribution in [0.4, 0.5) is 5.69 Å². The van der Waals surface area contributed by atoms with E-state index in [4.69, 9.17) is 9.15 Å². The summed E-state index contributed by atoms with van der Waals surface area (Å²) in [5.41, 5.74) is 1.13. The lowest BCUT2D eigenvalue weighted by Gasteiger charge is -2.26. The van der Waals surface area contributed by atoms with Crippen molar-refractivity contribution in [3.63, 3.8) is 0 Å². The average molecular weight is 418 g/mol. The van der Waals surface area contributed by atoms with Gasteiger partial charge in [-0.15, -0.1) is 0 Å². The Morgan fingerprint density at radius 2 is 1.94 bits per heavy atom. The highest BCUT2D eigenvalue weighted by Crippen LogP contribution is 2.41. The van der Waals surface area contributed by atoms with E-state index in [0.29, 0.717) is 16.8 Å². The molecule has 8 heteroatoms. The largest absolute Gasteiger partial charge is 0.503 e. The zero-order chi connectivity index (χ0) is 22.0. The van der Waals surface area contributed by atoms with Gasteiger partial charge in [0.25, 0.3) is 5.91 Å². The van der Waals surface area contributed by atoms with Crippen molar-refractivity contribution in [1.82, 2.24) is 4.98 Å². The molecule has 1 amide bonds. The van der Waals surface area contributed by atoms with Crippen molar-refractivity contribution in [3.05, 3.63) is 95.4 Å². The fourth-order valence-corrected chi connectivity index (χ4v) is 3.47. The van der Waals surface area contributed by atoms with Crippen molar-refractivity contribution in [2.24, 2.45) is 0 Å². The number of benzene rings is 1. The average Bonchev–Trinajstić information content (AvgIpc) is 3.42. The van der Waals surface area contributed by atoms with Crippen LogP contribution < -0.4 is 4.90 Å². The van der Waals surface area contributed by atoms with Gasteiger partial charge < -0.3 is 14.3 Å². The summed E-state index contributed by atoms with van der Waals surface area (Å²) in [6.07, 6.45) is 4.43.